The number of aryl methyl sites for hydroxylation is 1. The summed E-state index contributed by atoms with van der Waals surface area (Å²) < 4.78 is 0.978. The highest BCUT2D eigenvalue weighted by Crippen LogP contribution is 2.20. The molecule has 2 aromatic rings. The Balaban J connectivity index is 1.41. The highest BCUT2D eigenvalue weighted by molar-refractivity contribution is 9.10. The van der Waals surface area contributed by atoms with Crippen LogP contribution in [0.4, 0.5) is 11.8 Å². The monoisotopic (exact) mass is 458 g/mol. The number of halogens is 1. The average Bonchev–Trinajstić information content (AvgIpc) is 2.74. The van der Waals surface area contributed by atoms with Crippen LogP contribution in [-0.4, -0.2) is 85.1 Å². The Kier molecular flexibility index (Phi) is 6.01. The normalized spacial score (nSPS) is 18.2. The summed E-state index contributed by atoms with van der Waals surface area (Å²) in [6, 6.07) is 9.62. The molecule has 0 bridgehead atoms. The van der Waals surface area contributed by atoms with E-state index in [1.807, 2.05) is 36.1 Å². The van der Waals surface area contributed by atoms with Gasteiger partial charge in [0.05, 0.1) is 0 Å². The molecule has 3 heterocycles. The SMILES string of the molecule is Cc1cc(N2CCN(C)CC2)nc(N2CCN(C(=O)c3ccc(Br)cc3)CC2)n1. The largest absolute Gasteiger partial charge is 0.354 e. The molecule has 154 valence electrons. The lowest BCUT2D eigenvalue weighted by atomic mass is 10.2. The fraction of sp³-hybridized carbons (Fsp3) is 0.476. The molecule has 8 heteroatoms. The van der Waals surface area contributed by atoms with E-state index in [4.69, 9.17) is 4.98 Å². The second-order valence-electron chi connectivity index (χ2n) is 7.74. The predicted octanol–water partition coefficient (Wildman–Crippen LogP) is 2.26. The molecule has 0 spiro atoms. The summed E-state index contributed by atoms with van der Waals surface area (Å²) in [5.74, 6) is 1.86. The lowest BCUT2D eigenvalue weighted by Crippen LogP contribution is -2.49. The number of nitrogens with zero attached hydrogens (tertiary/aromatic N) is 6. The number of hydrogen-bond donors (Lipinski definition) is 0. The van der Waals surface area contributed by atoms with Crippen LogP contribution in [0.3, 0.4) is 0 Å². The Bertz CT molecular complexity index is 858. The third kappa shape index (κ3) is 4.70. The van der Waals surface area contributed by atoms with Gasteiger partial charge < -0.3 is 19.6 Å². The summed E-state index contributed by atoms with van der Waals surface area (Å²) in [7, 11) is 2.16. The van der Waals surface area contributed by atoms with Crippen molar-refractivity contribution in [3.05, 3.63) is 46.1 Å². The van der Waals surface area contributed by atoms with Crippen LogP contribution >= 0.6 is 15.9 Å². The number of carbonyl (C=O) groups is 1. The van der Waals surface area contributed by atoms with E-state index in [-0.39, 0.29) is 5.91 Å². The summed E-state index contributed by atoms with van der Waals surface area (Å²) >= 11 is 3.42. The number of likely N-dealkylation sites (N-methyl/N-ethyl adjacent to an activating group) is 1. The number of anilines is 2. The van der Waals surface area contributed by atoms with Gasteiger partial charge in [-0.3, -0.25) is 4.79 Å². The van der Waals surface area contributed by atoms with Gasteiger partial charge in [-0.1, -0.05) is 15.9 Å². The van der Waals surface area contributed by atoms with Crippen molar-refractivity contribution < 1.29 is 4.79 Å². The molecule has 0 unspecified atom stereocenters. The Morgan fingerprint density at radius 1 is 0.897 bits per heavy atom. The molecule has 0 saturated carbocycles. The topological polar surface area (TPSA) is 55.8 Å². The average molecular weight is 459 g/mol. The molecular weight excluding hydrogens is 432 g/mol. The van der Waals surface area contributed by atoms with E-state index in [0.717, 1.165) is 66.8 Å². The lowest BCUT2D eigenvalue weighted by Gasteiger charge is -2.36. The zero-order chi connectivity index (χ0) is 20.4. The molecule has 29 heavy (non-hydrogen) atoms. The molecule has 4 rings (SSSR count). The molecule has 1 aromatic carbocycles. The van der Waals surface area contributed by atoms with Gasteiger partial charge in [-0.15, -0.1) is 0 Å². The van der Waals surface area contributed by atoms with Gasteiger partial charge >= 0.3 is 0 Å². The minimum Gasteiger partial charge on any atom is -0.354 e. The fourth-order valence-corrected chi connectivity index (χ4v) is 4.02. The first kappa shape index (κ1) is 20.1. The molecule has 1 amide bonds. The molecular formula is C21H27BrN6O. The standard InChI is InChI=1S/C21H27BrN6O/c1-16-15-19(26-9-7-25(2)8-10-26)24-21(23-16)28-13-11-27(12-14-28)20(29)17-3-5-18(22)6-4-17/h3-6,15H,7-14H2,1-2H3. The van der Waals surface area contributed by atoms with E-state index in [2.05, 4.69) is 48.7 Å². The van der Waals surface area contributed by atoms with E-state index in [1.54, 1.807) is 0 Å². The van der Waals surface area contributed by atoms with Crippen molar-refractivity contribution in [2.45, 2.75) is 6.92 Å². The summed E-state index contributed by atoms with van der Waals surface area (Å²) in [5, 5.41) is 0. The van der Waals surface area contributed by atoms with Crippen LogP contribution in [0.15, 0.2) is 34.8 Å². The lowest BCUT2D eigenvalue weighted by molar-refractivity contribution is 0.0746. The van der Waals surface area contributed by atoms with E-state index >= 15 is 0 Å². The van der Waals surface area contributed by atoms with Crippen molar-refractivity contribution in [2.24, 2.45) is 0 Å². The summed E-state index contributed by atoms with van der Waals surface area (Å²) in [6.07, 6.45) is 0. The maximum atomic E-state index is 12.7. The van der Waals surface area contributed by atoms with Gasteiger partial charge in [0.1, 0.15) is 5.82 Å². The van der Waals surface area contributed by atoms with Gasteiger partial charge in [-0.2, -0.15) is 4.98 Å². The minimum atomic E-state index is 0.0837. The molecule has 0 aliphatic carbocycles. The van der Waals surface area contributed by atoms with Crippen molar-refractivity contribution in [3.8, 4) is 0 Å². The van der Waals surface area contributed by atoms with E-state index < -0.39 is 0 Å². The number of rotatable bonds is 3. The summed E-state index contributed by atoms with van der Waals surface area (Å²) in [6.45, 7) is 8.94. The van der Waals surface area contributed by atoms with Crippen LogP contribution in [0.25, 0.3) is 0 Å². The van der Waals surface area contributed by atoms with Gasteiger partial charge in [-0.25, -0.2) is 4.98 Å². The zero-order valence-corrected chi connectivity index (χ0v) is 18.6. The van der Waals surface area contributed by atoms with Crippen molar-refractivity contribution >= 4 is 33.6 Å². The highest BCUT2D eigenvalue weighted by atomic mass is 79.9. The quantitative estimate of drug-likeness (QED) is 0.702. The first-order chi connectivity index (χ1) is 14.0. The minimum absolute atomic E-state index is 0.0837. The summed E-state index contributed by atoms with van der Waals surface area (Å²) in [4.78, 5) is 31.1. The Hall–Kier alpha value is -2.19. The molecule has 0 atom stereocenters. The maximum absolute atomic E-state index is 12.7. The first-order valence-corrected chi connectivity index (χ1v) is 10.9. The molecule has 2 aliphatic rings. The third-order valence-corrected chi connectivity index (χ3v) is 6.13. The number of aromatic nitrogens is 2. The number of benzene rings is 1. The van der Waals surface area contributed by atoms with E-state index in [9.17, 15) is 4.79 Å². The van der Waals surface area contributed by atoms with Crippen LogP contribution in [0.1, 0.15) is 16.1 Å². The molecule has 7 nitrogen and oxygen atoms in total. The van der Waals surface area contributed by atoms with Crippen LogP contribution in [0.5, 0.6) is 0 Å². The van der Waals surface area contributed by atoms with Gasteiger partial charge in [0.15, 0.2) is 0 Å². The first-order valence-electron chi connectivity index (χ1n) is 10.1. The number of hydrogen-bond acceptors (Lipinski definition) is 6. The van der Waals surface area contributed by atoms with Crippen LogP contribution in [0, 0.1) is 6.92 Å². The van der Waals surface area contributed by atoms with Gasteiger partial charge in [0.25, 0.3) is 5.91 Å². The predicted molar refractivity (Wildman–Crippen MR) is 119 cm³/mol. The van der Waals surface area contributed by atoms with Crippen molar-refractivity contribution in [3.63, 3.8) is 0 Å². The summed E-state index contributed by atoms with van der Waals surface area (Å²) in [5.41, 5.74) is 1.71. The Labute approximate surface area is 180 Å². The van der Waals surface area contributed by atoms with Crippen LogP contribution in [0.2, 0.25) is 0 Å². The smallest absolute Gasteiger partial charge is 0.253 e. The van der Waals surface area contributed by atoms with Crippen LogP contribution < -0.4 is 9.80 Å². The van der Waals surface area contributed by atoms with Gasteiger partial charge in [0.2, 0.25) is 5.95 Å². The molecule has 0 N–H and O–H groups in total. The Morgan fingerprint density at radius 2 is 1.52 bits per heavy atom. The molecule has 2 fully saturated rings. The Morgan fingerprint density at radius 3 is 2.17 bits per heavy atom. The third-order valence-electron chi connectivity index (χ3n) is 5.60. The number of piperazine rings is 2. The van der Waals surface area contributed by atoms with E-state index in [0.29, 0.717) is 13.1 Å². The van der Waals surface area contributed by atoms with E-state index in [1.165, 1.54) is 0 Å². The van der Waals surface area contributed by atoms with Crippen molar-refractivity contribution in [2.75, 3.05) is 69.2 Å². The second kappa shape index (κ2) is 8.67. The van der Waals surface area contributed by atoms with Crippen LogP contribution in [-0.2, 0) is 0 Å². The number of carbonyl (C=O) groups excluding carboxylic acids is 1. The fourth-order valence-electron chi connectivity index (χ4n) is 3.76. The van der Waals surface area contributed by atoms with Crippen molar-refractivity contribution in [1.29, 1.82) is 0 Å². The van der Waals surface area contributed by atoms with Crippen molar-refractivity contribution in [1.82, 2.24) is 19.8 Å². The zero-order valence-electron chi connectivity index (χ0n) is 17.0. The maximum Gasteiger partial charge on any atom is 0.253 e. The molecule has 2 aliphatic heterocycles. The van der Waals surface area contributed by atoms with Gasteiger partial charge in [0, 0.05) is 74.2 Å². The molecule has 1 aromatic heterocycles. The van der Waals surface area contributed by atoms with Gasteiger partial charge in [-0.05, 0) is 38.2 Å². The molecule has 2 saturated heterocycles. The highest BCUT2D eigenvalue weighted by Gasteiger charge is 2.25. The number of amides is 1. The second-order valence-corrected chi connectivity index (χ2v) is 8.66. The molecule has 0 radical (unpaired) electrons.